The molecule has 0 saturated heterocycles. The summed E-state index contributed by atoms with van der Waals surface area (Å²) < 4.78 is 22.8. The number of ether oxygens (including phenoxy) is 4. The minimum absolute atomic E-state index is 0.160. The molecule has 1 aromatic carbocycles. The molecule has 5 rings (SSSR count). The number of nitrogens with one attached hydrogen (secondary N) is 1. The van der Waals surface area contributed by atoms with E-state index in [0.717, 1.165) is 52.9 Å². The van der Waals surface area contributed by atoms with Crippen LogP contribution in [0, 0.1) is 0 Å². The molecule has 3 aromatic heterocycles. The molecule has 10 heteroatoms. The Morgan fingerprint density at radius 1 is 0.950 bits per heavy atom. The van der Waals surface area contributed by atoms with Crippen molar-refractivity contribution in [3.63, 3.8) is 0 Å². The zero-order valence-electron chi connectivity index (χ0n) is 23.5. The van der Waals surface area contributed by atoms with Gasteiger partial charge in [-0.25, -0.2) is 9.78 Å². The number of fused-ring (bicyclic) bond motifs is 3. The van der Waals surface area contributed by atoms with E-state index in [-0.39, 0.29) is 12.1 Å². The average Bonchev–Trinajstić information content (AvgIpc) is 2.92. The van der Waals surface area contributed by atoms with Gasteiger partial charge in [0, 0.05) is 34.8 Å². The summed E-state index contributed by atoms with van der Waals surface area (Å²) in [5.41, 5.74) is 7.98. The number of pyridine rings is 3. The zero-order valence-corrected chi connectivity index (χ0v) is 23.5. The number of nitrogens with zero attached hydrogens (tertiary/aromatic N) is 3. The number of benzene rings is 1. The first-order valence-corrected chi connectivity index (χ1v) is 13.4. The van der Waals surface area contributed by atoms with E-state index in [0.29, 0.717) is 28.8 Å². The van der Waals surface area contributed by atoms with Crippen molar-refractivity contribution in [1.82, 2.24) is 20.3 Å². The van der Waals surface area contributed by atoms with Crippen LogP contribution in [-0.4, -0.2) is 53.0 Å². The van der Waals surface area contributed by atoms with E-state index in [1.54, 1.807) is 32.8 Å². The number of carbonyl (C=O) groups excluding carboxylic acids is 1. The number of rotatable bonds is 6. The Morgan fingerprint density at radius 2 is 1.70 bits per heavy atom. The second-order valence-electron chi connectivity index (χ2n) is 10.9. The predicted molar refractivity (Wildman–Crippen MR) is 154 cm³/mol. The van der Waals surface area contributed by atoms with Crippen LogP contribution in [0.25, 0.3) is 32.9 Å². The van der Waals surface area contributed by atoms with Crippen LogP contribution in [0.4, 0.5) is 10.6 Å². The molecule has 210 valence electrons. The molecular formula is C30H35N5O5. The summed E-state index contributed by atoms with van der Waals surface area (Å²) in [6.45, 7) is 5.54. The molecule has 0 unspecified atom stereocenters. The van der Waals surface area contributed by atoms with Crippen molar-refractivity contribution in [3.8, 4) is 28.5 Å². The van der Waals surface area contributed by atoms with Crippen LogP contribution >= 0.6 is 0 Å². The molecule has 1 aliphatic rings. The smallest absolute Gasteiger partial charge is 0.408 e. The van der Waals surface area contributed by atoms with Crippen LogP contribution < -0.4 is 25.3 Å². The Balaban J connectivity index is 1.45. The van der Waals surface area contributed by atoms with E-state index in [9.17, 15) is 4.79 Å². The predicted octanol–water partition coefficient (Wildman–Crippen LogP) is 5.66. The quantitative estimate of drug-likeness (QED) is 0.295. The number of nitrogens with two attached hydrogens (primary N) is 1. The summed E-state index contributed by atoms with van der Waals surface area (Å²) in [7, 11) is 3.19. The average molecular weight is 546 g/mol. The summed E-state index contributed by atoms with van der Waals surface area (Å²) >= 11 is 0. The molecule has 4 aromatic rings. The van der Waals surface area contributed by atoms with Crippen molar-refractivity contribution in [1.29, 1.82) is 0 Å². The van der Waals surface area contributed by atoms with E-state index in [4.69, 9.17) is 24.7 Å². The molecule has 1 amide bonds. The topological polar surface area (TPSA) is 131 Å². The van der Waals surface area contributed by atoms with Gasteiger partial charge in [-0.05, 0) is 63.6 Å². The van der Waals surface area contributed by atoms with Crippen molar-refractivity contribution < 1.29 is 23.7 Å². The number of anilines is 1. The van der Waals surface area contributed by atoms with Gasteiger partial charge in [0.2, 0.25) is 0 Å². The zero-order chi connectivity index (χ0) is 28.4. The maximum Gasteiger partial charge on any atom is 0.408 e. The molecule has 1 fully saturated rings. The highest BCUT2D eigenvalue weighted by molar-refractivity contribution is 6.10. The second-order valence-corrected chi connectivity index (χ2v) is 10.9. The highest BCUT2D eigenvalue weighted by Crippen LogP contribution is 2.37. The molecule has 1 aliphatic carbocycles. The van der Waals surface area contributed by atoms with Gasteiger partial charge in [0.25, 0.3) is 0 Å². The van der Waals surface area contributed by atoms with Crippen LogP contribution in [0.15, 0.2) is 42.9 Å². The fourth-order valence-electron chi connectivity index (χ4n) is 5.07. The molecule has 10 nitrogen and oxygen atoms in total. The van der Waals surface area contributed by atoms with Crippen molar-refractivity contribution in [3.05, 3.63) is 42.9 Å². The van der Waals surface area contributed by atoms with E-state index < -0.39 is 11.7 Å². The summed E-state index contributed by atoms with van der Waals surface area (Å²) in [4.78, 5) is 26.0. The van der Waals surface area contributed by atoms with Crippen LogP contribution in [0.5, 0.6) is 17.2 Å². The Kier molecular flexibility index (Phi) is 7.51. The monoisotopic (exact) mass is 545 g/mol. The number of amides is 1. The lowest BCUT2D eigenvalue weighted by Gasteiger charge is -2.33. The van der Waals surface area contributed by atoms with E-state index >= 15 is 0 Å². The van der Waals surface area contributed by atoms with E-state index in [2.05, 4.69) is 20.3 Å². The molecular weight excluding hydrogens is 510 g/mol. The highest BCUT2D eigenvalue weighted by Gasteiger charge is 2.30. The number of aromatic nitrogens is 3. The SMILES string of the molecule is COc1cc2ncc3c(N)nc(-c4cncc(O[C@@H]5CCCC[C@@H]5NC(=O)OC(C)(C)C)c4)cc3c2cc1OC. The largest absolute Gasteiger partial charge is 0.493 e. The summed E-state index contributed by atoms with van der Waals surface area (Å²) in [6, 6.07) is 7.44. The van der Waals surface area contributed by atoms with Gasteiger partial charge in [0.1, 0.15) is 23.3 Å². The van der Waals surface area contributed by atoms with Crippen LogP contribution in [-0.2, 0) is 4.74 Å². The third kappa shape index (κ3) is 5.80. The maximum absolute atomic E-state index is 12.4. The lowest BCUT2D eigenvalue weighted by molar-refractivity contribution is 0.0401. The first kappa shape index (κ1) is 27.2. The van der Waals surface area contributed by atoms with Gasteiger partial charge in [0.05, 0.1) is 37.7 Å². The van der Waals surface area contributed by atoms with Gasteiger partial charge in [-0.2, -0.15) is 0 Å². The standard InChI is InChI=1S/C30H35N5O5/c1-30(2,3)40-29(36)35-22-8-6-7-9-25(22)39-18-10-17(14-32-15-18)23-11-19-20-12-26(37-4)27(38-5)13-24(20)33-16-21(19)28(31)34-23/h10-16,22,25H,6-9H2,1-5H3,(H2,31,34)(H,35,36)/t22-,25+/m0/s1. The van der Waals surface area contributed by atoms with Crippen molar-refractivity contribution in [2.45, 2.75) is 64.2 Å². The summed E-state index contributed by atoms with van der Waals surface area (Å²) in [5, 5.41) is 5.48. The van der Waals surface area contributed by atoms with E-state index in [1.165, 1.54) is 0 Å². The molecule has 1 saturated carbocycles. The first-order chi connectivity index (χ1) is 19.1. The van der Waals surface area contributed by atoms with Crippen molar-refractivity contribution in [2.75, 3.05) is 20.0 Å². The van der Waals surface area contributed by atoms with Crippen LogP contribution in [0.3, 0.4) is 0 Å². The lowest BCUT2D eigenvalue weighted by Crippen LogP contribution is -2.49. The Hall–Kier alpha value is -4.34. The third-order valence-electron chi connectivity index (χ3n) is 6.91. The molecule has 3 heterocycles. The lowest BCUT2D eigenvalue weighted by atomic mass is 9.92. The summed E-state index contributed by atoms with van der Waals surface area (Å²) in [5.74, 6) is 2.14. The molecule has 2 atom stereocenters. The molecule has 0 aliphatic heterocycles. The number of nitrogen functional groups attached to an aromatic ring is 1. The molecule has 0 spiro atoms. The van der Waals surface area contributed by atoms with Gasteiger partial charge < -0.3 is 30.0 Å². The fraction of sp³-hybridized carbons (Fsp3) is 0.400. The van der Waals surface area contributed by atoms with Crippen molar-refractivity contribution >= 4 is 33.6 Å². The number of hydrogen-bond acceptors (Lipinski definition) is 9. The molecule has 0 bridgehead atoms. The Morgan fingerprint density at radius 3 is 2.45 bits per heavy atom. The van der Waals surface area contributed by atoms with Crippen LogP contribution in [0.1, 0.15) is 46.5 Å². The summed E-state index contributed by atoms with van der Waals surface area (Å²) in [6.07, 6.45) is 8.13. The number of alkyl carbamates (subject to hydrolysis) is 1. The van der Waals surface area contributed by atoms with Gasteiger partial charge in [-0.3, -0.25) is 9.97 Å². The third-order valence-corrected chi connectivity index (χ3v) is 6.91. The second kappa shape index (κ2) is 11.0. The Bertz CT molecular complexity index is 1550. The minimum atomic E-state index is -0.569. The molecule has 3 N–H and O–H groups in total. The van der Waals surface area contributed by atoms with Crippen LogP contribution in [0.2, 0.25) is 0 Å². The fourth-order valence-corrected chi connectivity index (χ4v) is 5.07. The van der Waals surface area contributed by atoms with Gasteiger partial charge in [0.15, 0.2) is 11.5 Å². The highest BCUT2D eigenvalue weighted by atomic mass is 16.6. The Labute approximate surface area is 233 Å². The van der Waals surface area contributed by atoms with E-state index in [1.807, 2.05) is 45.0 Å². The maximum atomic E-state index is 12.4. The number of methoxy groups -OCH3 is 2. The van der Waals surface area contributed by atoms with Gasteiger partial charge >= 0.3 is 6.09 Å². The minimum Gasteiger partial charge on any atom is -0.493 e. The molecule has 40 heavy (non-hydrogen) atoms. The van der Waals surface area contributed by atoms with Gasteiger partial charge in [-0.15, -0.1) is 0 Å². The first-order valence-electron chi connectivity index (χ1n) is 13.4. The van der Waals surface area contributed by atoms with Crippen molar-refractivity contribution in [2.24, 2.45) is 0 Å². The number of hydrogen-bond donors (Lipinski definition) is 2. The number of carbonyl (C=O) groups is 1. The molecule has 0 radical (unpaired) electrons. The normalized spacial score (nSPS) is 17.4. The van der Waals surface area contributed by atoms with Gasteiger partial charge in [-0.1, -0.05) is 6.42 Å².